The lowest BCUT2D eigenvalue weighted by Gasteiger charge is -2.13. The first-order valence-corrected chi connectivity index (χ1v) is 7.48. The average molecular weight is 355 g/mol. The van der Waals surface area contributed by atoms with Crippen LogP contribution in [0.3, 0.4) is 0 Å². The van der Waals surface area contributed by atoms with Crippen molar-refractivity contribution in [1.29, 1.82) is 0 Å². The van der Waals surface area contributed by atoms with Crippen molar-refractivity contribution in [2.45, 2.75) is 26.1 Å². The maximum atomic E-state index is 12.3. The van der Waals surface area contributed by atoms with Crippen LogP contribution in [0.15, 0.2) is 41.2 Å². The number of ether oxygens (including phenoxy) is 1. The summed E-state index contributed by atoms with van der Waals surface area (Å²) < 4.78 is 42.8. The molecule has 1 aromatic heterocycles. The highest BCUT2D eigenvalue weighted by Gasteiger charge is 2.29. The van der Waals surface area contributed by atoms with Crippen molar-refractivity contribution in [3.63, 3.8) is 0 Å². The van der Waals surface area contributed by atoms with Crippen LogP contribution in [0.2, 0.25) is 0 Å². The zero-order chi connectivity index (χ0) is 18.4. The fourth-order valence-electron chi connectivity index (χ4n) is 1.98. The molecule has 1 heterocycles. The van der Waals surface area contributed by atoms with Crippen LogP contribution in [0.25, 0.3) is 0 Å². The standard InChI is InChI=1S/C16H16F3N3O3/c1-2-9-22-14(23)8-7-12(21-22)15(24)20-11-5-3-4-6-13(11)25-10-16(17,18)19/h3-8H,2,9-10H2,1H3,(H,20,24). The molecule has 1 amide bonds. The van der Waals surface area contributed by atoms with Crippen molar-refractivity contribution in [3.8, 4) is 5.75 Å². The lowest BCUT2D eigenvalue weighted by atomic mass is 10.2. The van der Waals surface area contributed by atoms with E-state index in [2.05, 4.69) is 10.4 Å². The van der Waals surface area contributed by atoms with Gasteiger partial charge >= 0.3 is 6.18 Å². The van der Waals surface area contributed by atoms with Gasteiger partial charge in [-0.05, 0) is 24.6 Å². The smallest absolute Gasteiger partial charge is 0.422 e. The summed E-state index contributed by atoms with van der Waals surface area (Å²) in [6, 6.07) is 8.22. The zero-order valence-corrected chi connectivity index (χ0v) is 13.3. The fraction of sp³-hybridized carbons (Fsp3) is 0.312. The summed E-state index contributed by atoms with van der Waals surface area (Å²) in [4.78, 5) is 23.9. The molecule has 0 aliphatic heterocycles. The maximum absolute atomic E-state index is 12.3. The van der Waals surface area contributed by atoms with Crippen LogP contribution in [0.4, 0.5) is 18.9 Å². The predicted octanol–water partition coefficient (Wildman–Crippen LogP) is 2.85. The number of nitrogens with zero attached hydrogens (tertiary/aromatic N) is 2. The highest BCUT2D eigenvalue weighted by Crippen LogP contribution is 2.26. The highest BCUT2D eigenvalue weighted by molar-refractivity contribution is 6.03. The van der Waals surface area contributed by atoms with Gasteiger partial charge in [-0.1, -0.05) is 19.1 Å². The molecule has 0 aliphatic rings. The van der Waals surface area contributed by atoms with Crippen molar-refractivity contribution in [3.05, 3.63) is 52.4 Å². The molecule has 0 atom stereocenters. The molecule has 0 unspecified atom stereocenters. The number of hydrogen-bond acceptors (Lipinski definition) is 4. The molecule has 0 fully saturated rings. The van der Waals surface area contributed by atoms with Crippen molar-refractivity contribution in [1.82, 2.24) is 9.78 Å². The van der Waals surface area contributed by atoms with Gasteiger partial charge in [-0.2, -0.15) is 18.3 Å². The molecule has 1 N–H and O–H groups in total. The van der Waals surface area contributed by atoms with Gasteiger partial charge in [0.1, 0.15) is 11.4 Å². The fourth-order valence-corrected chi connectivity index (χ4v) is 1.98. The molecule has 9 heteroatoms. The van der Waals surface area contributed by atoms with Crippen LogP contribution in [-0.4, -0.2) is 28.5 Å². The minimum absolute atomic E-state index is 0.0290. The van der Waals surface area contributed by atoms with E-state index >= 15 is 0 Å². The van der Waals surface area contributed by atoms with Gasteiger partial charge in [0.2, 0.25) is 0 Å². The summed E-state index contributed by atoms with van der Waals surface area (Å²) in [6.45, 7) is 0.736. The second kappa shape index (κ2) is 7.82. The van der Waals surface area contributed by atoms with E-state index in [-0.39, 0.29) is 22.7 Å². The third kappa shape index (κ3) is 5.33. The van der Waals surface area contributed by atoms with Crippen LogP contribution in [0.5, 0.6) is 5.75 Å². The van der Waals surface area contributed by atoms with Crippen molar-refractivity contribution in [2.75, 3.05) is 11.9 Å². The van der Waals surface area contributed by atoms with Gasteiger partial charge in [-0.3, -0.25) is 9.59 Å². The SMILES string of the molecule is CCCn1nc(C(=O)Nc2ccccc2OCC(F)(F)F)ccc1=O. The molecule has 0 saturated carbocycles. The quantitative estimate of drug-likeness (QED) is 0.865. The minimum Gasteiger partial charge on any atom is -0.482 e. The van der Waals surface area contributed by atoms with E-state index in [1.54, 1.807) is 6.07 Å². The topological polar surface area (TPSA) is 73.2 Å². The summed E-state index contributed by atoms with van der Waals surface area (Å²) >= 11 is 0. The van der Waals surface area contributed by atoms with Gasteiger partial charge in [-0.15, -0.1) is 0 Å². The first-order chi connectivity index (χ1) is 11.8. The van der Waals surface area contributed by atoms with Gasteiger partial charge in [0, 0.05) is 12.6 Å². The number of anilines is 1. The number of nitrogens with one attached hydrogen (secondary N) is 1. The predicted molar refractivity (Wildman–Crippen MR) is 84.7 cm³/mol. The number of hydrogen-bond donors (Lipinski definition) is 1. The number of aromatic nitrogens is 2. The molecule has 1 aromatic carbocycles. The second-order valence-electron chi connectivity index (χ2n) is 5.13. The van der Waals surface area contributed by atoms with Crippen LogP contribution < -0.4 is 15.6 Å². The molecular weight excluding hydrogens is 339 g/mol. The number of alkyl halides is 3. The van der Waals surface area contributed by atoms with Crippen molar-refractivity contribution in [2.24, 2.45) is 0 Å². The molecule has 0 spiro atoms. The van der Waals surface area contributed by atoms with E-state index in [1.807, 2.05) is 6.92 Å². The van der Waals surface area contributed by atoms with E-state index < -0.39 is 18.7 Å². The lowest BCUT2D eigenvalue weighted by molar-refractivity contribution is -0.153. The monoisotopic (exact) mass is 355 g/mol. The average Bonchev–Trinajstić information content (AvgIpc) is 2.55. The molecule has 134 valence electrons. The zero-order valence-electron chi connectivity index (χ0n) is 13.3. The van der Waals surface area contributed by atoms with E-state index in [0.717, 1.165) is 4.68 Å². The molecule has 2 rings (SSSR count). The first kappa shape index (κ1) is 18.5. The van der Waals surface area contributed by atoms with Crippen molar-refractivity contribution < 1.29 is 22.7 Å². The number of carbonyl (C=O) groups excluding carboxylic acids is 1. The number of benzene rings is 1. The highest BCUT2D eigenvalue weighted by atomic mass is 19.4. The number of rotatable bonds is 6. The van der Waals surface area contributed by atoms with Crippen LogP contribution in [0.1, 0.15) is 23.8 Å². The van der Waals surface area contributed by atoms with E-state index in [1.165, 1.54) is 30.3 Å². The maximum Gasteiger partial charge on any atom is 0.422 e. The molecule has 25 heavy (non-hydrogen) atoms. The third-order valence-electron chi connectivity index (χ3n) is 3.06. The number of aryl methyl sites for hydroxylation is 1. The summed E-state index contributed by atoms with van der Waals surface area (Å²) in [6.07, 6.45) is -3.83. The number of halogens is 3. The number of para-hydroxylation sites is 2. The third-order valence-corrected chi connectivity index (χ3v) is 3.06. The second-order valence-corrected chi connectivity index (χ2v) is 5.13. The van der Waals surface area contributed by atoms with E-state index in [9.17, 15) is 22.8 Å². The Balaban J connectivity index is 2.18. The van der Waals surface area contributed by atoms with Crippen LogP contribution in [0, 0.1) is 0 Å². The van der Waals surface area contributed by atoms with Gasteiger partial charge in [-0.25, -0.2) is 4.68 Å². The Bertz CT molecular complexity index is 803. The van der Waals surface area contributed by atoms with Crippen LogP contribution in [-0.2, 0) is 6.54 Å². The normalized spacial score (nSPS) is 11.2. The lowest BCUT2D eigenvalue weighted by Crippen LogP contribution is -2.26. The first-order valence-electron chi connectivity index (χ1n) is 7.48. The van der Waals surface area contributed by atoms with Gasteiger partial charge < -0.3 is 10.1 Å². The molecule has 0 aliphatic carbocycles. The summed E-state index contributed by atoms with van der Waals surface area (Å²) in [5.41, 5.74) is -0.294. The Kier molecular flexibility index (Phi) is 5.79. The van der Waals surface area contributed by atoms with Gasteiger partial charge in [0.15, 0.2) is 6.61 Å². The summed E-state index contributed by atoms with van der Waals surface area (Å²) in [5, 5.41) is 6.39. The Hall–Kier alpha value is -2.84. The molecular formula is C16H16F3N3O3. The molecule has 0 bridgehead atoms. The van der Waals surface area contributed by atoms with Gasteiger partial charge in [0.25, 0.3) is 11.5 Å². The van der Waals surface area contributed by atoms with Gasteiger partial charge in [0.05, 0.1) is 5.69 Å². The van der Waals surface area contributed by atoms with Crippen LogP contribution >= 0.6 is 0 Å². The minimum atomic E-state index is -4.49. The molecule has 0 radical (unpaired) electrons. The summed E-state index contributed by atoms with van der Waals surface area (Å²) in [5.74, 6) is -0.775. The van der Waals surface area contributed by atoms with E-state index in [0.29, 0.717) is 13.0 Å². The number of amides is 1. The molecule has 0 saturated heterocycles. The Labute approximate surface area is 141 Å². The van der Waals surface area contributed by atoms with Crippen molar-refractivity contribution >= 4 is 11.6 Å². The summed E-state index contributed by atoms with van der Waals surface area (Å²) in [7, 11) is 0. The number of carbonyl (C=O) groups is 1. The Morgan fingerprint density at radius 3 is 2.64 bits per heavy atom. The molecule has 2 aromatic rings. The largest absolute Gasteiger partial charge is 0.482 e. The Morgan fingerprint density at radius 1 is 1.24 bits per heavy atom. The van der Waals surface area contributed by atoms with E-state index in [4.69, 9.17) is 4.74 Å². The molecule has 6 nitrogen and oxygen atoms in total. The Morgan fingerprint density at radius 2 is 1.96 bits per heavy atom.